The lowest BCUT2D eigenvalue weighted by atomic mass is 10.1. The lowest BCUT2D eigenvalue weighted by Crippen LogP contribution is -2.40. The van der Waals surface area contributed by atoms with Crippen molar-refractivity contribution in [3.8, 4) is 0 Å². The third-order valence-electron chi connectivity index (χ3n) is 3.08. The van der Waals surface area contributed by atoms with Crippen LogP contribution in [0.2, 0.25) is 0 Å². The maximum Gasteiger partial charge on any atom is 0.246 e. The fourth-order valence-corrected chi connectivity index (χ4v) is 2.13. The second kappa shape index (κ2) is 5.97. The number of piperidine rings is 1. The molecule has 2 heterocycles. The summed E-state index contributed by atoms with van der Waals surface area (Å²) >= 11 is 0. The number of rotatable bonds is 4. The lowest BCUT2D eigenvalue weighted by molar-refractivity contribution is -0.128. The van der Waals surface area contributed by atoms with Crippen LogP contribution >= 0.6 is 0 Å². The van der Waals surface area contributed by atoms with Gasteiger partial charge in [-0.1, -0.05) is 0 Å². The monoisotopic (exact) mass is 241 g/mol. The summed E-state index contributed by atoms with van der Waals surface area (Å²) in [5, 5.41) is 8.70. The second-order valence-electron chi connectivity index (χ2n) is 4.53. The molecule has 0 aromatic rings. The van der Waals surface area contributed by atoms with E-state index in [1.165, 1.54) is 0 Å². The number of hydrogen-bond donors (Lipinski definition) is 3. The van der Waals surface area contributed by atoms with Crippen LogP contribution in [0.5, 0.6) is 0 Å². The Kier molecular flexibility index (Phi) is 4.33. The quantitative estimate of drug-likeness (QED) is 0.575. The van der Waals surface area contributed by atoms with Crippen molar-refractivity contribution in [2.75, 3.05) is 26.2 Å². The highest BCUT2D eigenvalue weighted by atomic mass is 16.5. The highest BCUT2D eigenvalue weighted by Crippen LogP contribution is 2.06. The molecule has 0 spiro atoms. The van der Waals surface area contributed by atoms with Crippen molar-refractivity contribution in [2.45, 2.75) is 31.4 Å². The molecule has 1 atom stereocenters. The standard InChI is InChI=1S/C11H19N3O3/c15-10-5-8(6-13-10)14-11(16)7-17-9-1-3-12-4-2-9/h8-9,12H,1-7H2,(H,13,15)(H,14,16). The molecule has 0 aromatic heterocycles. The Balaban J connectivity index is 1.61. The molecule has 2 aliphatic heterocycles. The van der Waals surface area contributed by atoms with Gasteiger partial charge in [-0.05, 0) is 25.9 Å². The molecule has 6 nitrogen and oxygen atoms in total. The maximum absolute atomic E-state index is 11.6. The summed E-state index contributed by atoms with van der Waals surface area (Å²) in [4.78, 5) is 22.5. The maximum atomic E-state index is 11.6. The summed E-state index contributed by atoms with van der Waals surface area (Å²) < 4.78 is 5.52. The zero-order valence-electron chi connectivity index (χ0n) is 9.83. The third-order valence-corrected chi connectivity index (χ3v) is 3.08. The van der Waals surface area contributed by atoms with Gasteiger partial charge in [0, 0.05) is 13.0 Å². The molecule has 2 aliphatic rings. The highest BCUT2D eigenvalue weighted by molar-refractivity contribution is 5.82. The van der Waals surface area contributed by atoms with Gasteiger partial charge in [0.1, 0.15) is 6.61 Å². The Morgan fingerprint density at radius 2 is 2.18 bits per heavy atom. The Hall–Kier alpha value is -1.14. The molecule has 6 heteroatoms. The summed E-state index contributed by atoms with van der Waals surface area (Å²) in [5.41, 5.74) is 0. The van der Waals surface area contributed by atoms with Crippen LogP contribution in [0.3, 0.4) is 0 Å². The van der Waals surface area contributed by atoms with Crippen molar-refractivity contribution < 1.29 is 14.3 Å². The van der Waals surface area contributed by atoms with Gasteiger partial charge in [0.25, 0.3) is 0 Å². The van der Waals surface area contributed by atoms with Gasteiger partial charge in [-0.2, -0.15) is 0 Å². The number of nitrogens with one attached hydrogen (secondary N) is 3. The van der Waals surface area contributed by atoms with Gasteiger partial charge in [-0.15, -0.1) is 0 Å². The summed E-state index contributed by atoms with van der Waals surface area (Å²) in [6.45, 7) is 2.52. The van der Waals surface area contributed by atoms with E-state index in [4.69, 9.17) is 4.74 Å². The minimum absolute atomic E-state index is 0.00502. The van der Waals surface area contributed by atoms with Gasteiger partial charge in [-0.25, -0.2) is 0 Å². The van der Waals surface area contributed by atoms with Crippen molar-refractivity contribution in [1.82, 2.24) is 16.0 Å². The zero-order valence-corrected chi connectivity index (χ0v) is 9.83. The zero-order chi connectivity index (χ0) is 12.1. The van der Waals surface area contributed by atoms with Crippen molar-refractivity contribution >= 4 is 11.8 Å². The van der Waals surface area contributed by atoms with E-state index >= 15 is 0 Å². The van der Waals surface area contributed by atoms with Crippen molar-refractivity contribution in [3.05, 3.63) is 0 Å². The predicted octanol–water partition coefficient (Wildman–Crippen LogP) is -1.24. The van der Waals surface area contributed by atoms with Crippen molar-refractivity contribution in [2.24, 2.45) is 0 Å². The molecule has 3 N–H and O–H groups in total. The van der Waals surface area contributed by atoms with E-state index in [0.717, 1.165) is 25.9 Å². The second-order valence-corrected chi connectivity index (χ2v) is 4.53. The molecular weight excluding hydrogens is 222 g/mol. The van der Waals surface area contributed by atoms with E-state index in [0.29, 0.717) is 13.0 Å². The van der Waals surface area contributed by atoms with Crippen LogP contribution in [-0.4, -0.2) is 50.2 Å². The molecule has 2 saturated heterocycles. The van der Waals surface area contributed by atoms with E-state index in [1.54, 1.807) is 0 Å². The SMILES string of the molecule is O=C1CC(NC(=O)COC2CCNCC2)CN1. The molecule has 0 bridgehead atoms. The van der Waals surface area contributed by atoms with Gasteiger partial charge in [-0.3, -0.25) is 9.59 Å². The Bertz CT molecular complexity index is 290. The largest absolute Gasteiger partial charge is 0.368 e. The van der Waals surface area contributed by atoms with Crippen LogP contribution in [-0.2, 0) is 14.3 Å². The first-order valence-electron chi connectivity index (χ1n) is 6.12. The first-order valence-corrected chi connectivity index (χ1v) is 6.12. The minimum Gasteiger partial charge on any atom is -0.368 e. The smallest absolute Gasteiger partial charge is 0.246 e. The van der Waals surface area contributed by atoms with Crippen LogP contribution in [0.15, 0.2) is 0 Å². The van der Waals surface area contributed by atoms with Gasteiger partial charge in [0.15, 0.2) is 0 Å². The lowest BCUT2D eigenvalue weighted by Gasteiger charge is -2.22. The number of amides is 2. The molecule has 0 aliphatic carbocycles. The molecule has 2 amide bonds. The fourth-order valence-electron chi connectivity index (χ4n) is 2.13. The molecule has 17 heavy (non-hydrogen) atoms. The molecule has 0 aromatic carbocycles. The van der Waals surface area contributed by atoms with Crippen molar-refractivity contribution in [1.29, 1.82) is 0 Å². The van der Waals surface area contributed by atoms with E-state index in [-0.39, 0.29) is 30.6 Å². The number of carbonyl (C=O) groups excluding carboxylic acids is 2. The Morgan fingerprint density at radius 1 is 1.41 bits per heavy atom. The van der Waals surface area contributed by atoms with E-state index in [2.05, 4.69) is 16.0 Å². The van der Waals surface area contributed by atoms with Gasteiger partial charge >= 0.3 is 0 Å². The van der Waals surface area contributed by atoms with Crippen LogP contribution in [0.25, 0.3) is 0 Å². The Labute approximate surface area is 100 Å². The number of ether oxygens (including phenoxy) is 1. The van der Waals surface area contributed by atoms with Gasteiger partial charge in [0.2, 0.25) is 11.8 Å². The topological polar surface area (TPSA) is 79.5 Å². The minimum atomic E-state index is -0.134. The normalized spacial score (nSPS) is 25.6. The van der Waals surface area contributed by atoms with Crippen LogP contribution in [0, 0.1) is 0 Å². The molecule has 2 fully saturated rings. The van der Waals surface area contributed by atoms with Crippen LogP contribution in [0.4, 0.5) is 0 Å². The fraction of sp³-hybridized carbons (Fsp3) is 0.818. The van der Waals surface area contributed by atoms with Gasteiger partial charge < -0.3 is 20.7 Å². The third kappa shape index (κ3) is 3.98. The number of carbonyl (C=O) groups is 2. The molecule has 1 unspecified atom stereocenters. The van der Waals surface area contributed by atoms with Gasteiger partial charge in [0.05, 0.1) is 12.1 Å². The van der Waals surface area contributed by atoms with E-state index in [1.807, 2.05) is 0 Å². The first kappa shape index (κ1) is 12.3. The predicted molar refractivity (Wildman–Crippen MR) is 61.4 cm³/mol. The molecule has 2 rings (SSSR count). The molecule has 96 valence electrons. The van der Waals surface area contributed by atoms with Crippen LogP contribution in [0.1, 0.15) is 19.3 Å². The summed E-state index contributed by atoms with van der Waals surface area (Å²) in [6.07, 6.45) is 2.47. The molecule has 0 saturated carbocycles. The average molecular weight is 241 g/mol. The Morgan fingerprint density at radius 3 is 2.82 bits per heavy atom. The van der Waals surface area contributed by atoms with Crippen LogP contribution < -0.4 is 16.0 Å². The summed E-state index contributed by atoms with van der Waals surface area (Å²) in [5.74, 6) is -0.139. The van der Waals surface area contributed by atoms with Crippen molar-refractivity contribution in [3.63, 3.8) is 0 Å². The number of hydrogen-bond acceptors (Lipinski definition) is 4. The van der Waals surface area contributed by atoms with E-state index in [9.17, 15) is 9.59 Å². The summed E-state index contributed by atoms with van der Waals surface area (Å²) in [6, 6.07) is -0.0772. The highest BCUT2D eigenvalue weighted by Gasteiger charge is 2.23. The van der Waals surface area contributed by atoms with E-state index < -0.39 is 0 Å². The molecular formula is C11H19N3O3. The first-order chi connectivity index (χ1) is 8.24. The molecule has 0 radical (unpaired) electrons. The summed E-state index contributed by atoms with van der Waals surface area (Å²) in [7, 11) is 0. The average Bonchev–Trinajstić information content (AvgIpc) is 2.73.